The van der Waals surface area contributed by atoms with Gasteiger partial charge < -0.3 is 24.8 Å². The van der Waals surface area contributed by atoms with Crippen molar-refractivity contribution in [2.24, 2.45) is 0 Å². The standard InChI is InChI=1S/C26H32N2O6/c1-16(33-5)23(24(31)28(14-22(29)30)26(2,3)4)27-25(32)34-15-21-19-12-8-6-10-17(19)18-11-7-9-13-20(18)21/h6-13,16,21,23H,14-15H2,1-5H3,(H,27,32)(H,29,30)/t16-,23+/m1/s1. The molecule has 8 heteroatoms. The second kappa shape index (κ2) is 10.3. The molecule has 2 aromatic rings. The molecule has 0 heterocycles. The zero-order valence-corrected chi connectivity index (χ0v) is 20.2. The third kappa shape index (κ3) is 5.39. The predicted octanol–water partition coefficient (Wildman–Crippen LogP) is 3.64. The summed E-state index contributed by atoms with van der Waals surface area (Å²) in [5.41, 5.74) is 3.61. The molecule has 0 radical (unpaired) electrons. The normalized spacial score (nSPS) is 14.5. The number of rotatable bonds is 8. The maximum atomic E-state index is 13.3. The number of hydrogen-bond donors (Lipinski definition) is 2. The van der Waals surface area contributed by atoms with Gasteiger partial charge in [-0.2, -0.15) is 0 Å². The van der Waals surface area contributed by atoms with Crippen molar-refractivity contribution in [2.45, 2.75) is 51.3 Å². The molecular weight excluding hydrogens is 436 g/mol. The van der Waals surface area contributed by atoms with Crippen molar-refractivity contribution < 1.29 is 29.0 Å². The van der Waals surface area contributed by atoms with Gasteiger partial charge in [0.25, 0.3) is 0 Å². The lowest BCUT2D eigenvalue weighted by Gasteiger charge is -2.38. The number of methoxy groups -OCH3 is 1. The van der Waals surface area contributed by atoms with Gasteiger partial charge in [-0.3, -0.25) is 9.59 Å². The second-order valence-electron chi connectivity index (χ2n) is 9.38. The van der Waals surface area contributed by atoms with Crippen LogP contribution in [-0.2, 0) is 19.1 Å². The minimum atomic E-state index is -1.15. The Kier molecular flexibility index (Phi) is 7.61. The molecule has 0 aliphatic heterocycles. The molecule has 0 spiro atoms. The van der Waals surface area contributed by atoms with Crippen molar-refractivity contribution in [1.82, 2.24) is 10.2 Å². The van der Waals surface area contributed by atoms with Crippen LogP contribution in [0.2, 0.25) is 0 Å². The fourth-order valence-electron chi connectivity index (χ4n) is 4.23. The zero-order valence-electron chi connectivity index (χ0n) is 20.2. The number of nitrogens with zero attached hydrogens (tertiary/aromatic N) is 1. The maximum Gasteiger partial charge on any atom is 0.407 e. The van der Waals surface area contributed by atoms with Crippen molar-refractivity contribution in [3.05, 3.63) is 59.7 Å². The number of alkyl carbamates (subject to hydrolysis) is 1. The van der Waals surface area contributed by atoms with Crippen molar-refractivity contribution >= 4 is 18.0 Å². The Hall–Kier alpha value is -3.39. The molecule has 0 bridgehead atoms. The van der Waals surface area contributed by atoms with Crippen LogP contribution < -0.4 is 5.32 Å². The van der Waals surface area contributed by atoms with Gasteiger partial charge in [-0.1, -0.05) is 48.5 Å². The molecule has 0 saturated carbocycles. The highest BCUT2D eigenvalue weighted by Gasteiger charge is 2.37. The molecule has 0 unspecified atom stereocenters. The van der Waals surface area contributed by atoms with Gasteiger partial charge in [0, 0.05) is 18.6 Å². The van der Waals surface area contributed by atoms with Crippen LogP contribution in [0.5, 0.6) is 0 Å². The van der Waals surface area contributed by atoms with Gasteiger partial charge >= 0.3 is 12.1 Å². The molecule has 2 amide bonds. The minimum absolute atomic E-state index is 0.0975. The molecule has 8 nitrogen and oxygen atoms in total. The third-order valence-electron chi connectivity index (χ3n) is 6.09. The predicted molar refractivity (Wildman–Crippen MR) is 128 cm³/mol. The summed E-state index contributed by atoms with van der Waals surface area (Å²) in [6, 6.07) is 14.9. The van der Waals surface area contributed by atoms with E-state index in [0.717, 1.165) is 22.3 Å². The van der Waals surface area contributed by atoms with E-state index in [0.29, 0.717) is 0 Å². The molecule has 1 aliphatic carbocycles. The average Bonchev–Trinajstić information content (AvgIpc) is 3.11. The van der Waals surface area contributed by atoms with Crippen LogP contribution in [0.4, 0.5) is 4.79 Å². The van der Waals surface area contributed by atoms with E-state index >= 15 is 0 Å². The number of carbonyl (C=O) groups excluding carboxylic acids is 2. The molecule has 2 atom stereocenters. The summed E-state index contributed by atoms with van der Waals surface area (Å²) in [6.07, 6.45) is -1.47. The SMILES string of the molecule is CO[C@H](C)[C@H](NC(=O)OCC1c2ccccc2-c2ccccc21)C(=O)N(CC(=O)O)C(C)(C)C. The lowest BCUT2D eigenvalue weighted by Crippen LogP contribution is -2.59. The van der Waals surface area contributed by atoms with E-state index in [-0.39, 0.29) is 12.5 Å². The smallest absolute Gasteiger partial charge is 0.407 e. The second-order valence-corrected chi connectivity index (χ2v) is 9.38. The Labute approximate surface area is 199 Å². The van der Waals surface area contributed by atoms with Crippen LogP contribution in [0.15, 0.2) is 48.5 Å². The first kappa shape index (κ1) is 25.2. The van der Waals surface area contributed by atoms with Gasteiger partial charge in [-0.05, 0) is 49.9 Å². The maximum absolute atomic E-state index is 13.3. The number of amides is 2. The minimum Gasteiger partial charge on any atom is -0.480 e. The quantitative estimate of drug-likeness (QED) is 0.613. The lowest BCUT2D eigenvalue weighted by atomic mass is 9.98. The van der Waals surface area contributed by atoms with Gasteiger partial charge in [-0.15, -0.1) is 0 Å². The molecule has 3 rings (SSSR count). The van der Waals surface area contributed by atoms with Crippen LogP contribution in [0.3, 0.4) is 0 Å². The molecule has 182 valence electrons. The number of carboxylic acids is 1. The molecule has 34 heavy (non-hydrogen) atoms. The number of hydrogen-bond acceptors (Lipinski definition) is 5. The molecular formula is C26H32N2O6. The summed E-state index contributed by atoms with van der Waals surface area (Å²) in [4.78, 5) is 38.6. The van der Waals surface area contributed by atoms with Gasteiger partial charge in [0.2, 0.25) is 5.91 Å². The Bertz CT molecular complexity index is 1020. The highest BCUT2D eigenvalue weighted by Crippen LogP contribution is 2.44. The van der Waals surface area contributed by atoms with E-state index in [1.165, 1.54) is 12.0 Å². The fourth-order valence-corrected chi connectivity index (χ4v) is 4.23. The summed E-state index contributed by atoms with van der Waals surface area (Å²) in [7, 11) is 1.42. The van der Waals surface area contributed by atoms with Crippen LogP contribution in [0.25, 0.3) is 11.1 Å². The Morgan fingerprint density at radius 1 is 1.03 bits per heavy atom. The Balaban J connectivity index is 1.75. The lowest BCUT2D eigenvalue weighted by molar-refractivity contribution is -0.151. The van der Waals surface area contributed by atoms with E-state index in [2.05, 4.69) is 5.32 Å². The summed E-state index contributed by atoms with van der Waals surface area (Å²) >= 11 is 0. The highest BCUT2D eigenvalue weighted by atomic mass is 16.5. The molecule has 0 saturated heterocycles. The Morgan fingerprint density at radius 2 is 1.56 bits per heavy atom. The number of benzene rings is 2. The Morgan fingerprint density at radius 3 is 2.03 bits per heavy atom. The van der Waals surface area contributed by atoms with E-state index < -0.39 is 42.2 Å². The number of fused-ring (bicyclic) bond motifs is 3. The topological polar surface area (TPSA) is 105 Å². The zero-order chi connectivity index (χ0) is 25.0. The third-order valence-corrected chi connectivity index (χ3v) is 6.09. The number of nitrogens with one attached hydrogen (secondary N) is 1. The molecule has 0 fully saturated rings. The van der Waals surface area contributed by atoms with Crippen molar-refractivity contribution in [1.29, 1.82) is 0 Å². The molecule has 2 aromatic carbocycles. The largest absolute Gasteiger partial charge is 0.480 e. The first-order chi connectivity index (χ1) is 16.0. The highest BCUT2D eigenvalue weighted by molar-refractivity contribution is 5.89. The van der Waals surface area contributed by atoms with Gasteiger partial charge in [0.15, 0.2) is 0 Å². The summed E-state index contributed by atoms with van der Waals surface area (Å²) in [5, 5.41) is 11.9. The van der Waals surface area contributed by atoms with Crippen LogP contribution in [0, 0.1) is 0 Å². The van der Waals surface area contributed by atoms with Crippen molar-refractivity contribution in [2.75, 3.05) is 20.3 Å². The first-order valence-electron chi connectivity index (χ1n) is 11.2. The van der Waals surface area contributed by atoms with Crippen molar-refractivity contribution in [3.63, 3.8) is 0 Å². The average molecular weight is 469 g/mol. The van der Waals surface area contributed by atoms with Gasteiger partial charge in [-0.25, -0.2) is 4.79 Å². The molecule has 0 aromatic heterocycles. The van der Waals surface area contributed by atoms with Crippen LogP contribution in [0.1, 0.15) is 44.7 Å². The van der Waals surface area contributed by atoms with E-state index in [9.17, 15) is 19.5 Å². The number of carbonyl (C=O) groups is 3. The van der Waals surface area contributed by atoms with Gasteiger partial charge in [0.1, 0.15) is 19.2 Å². The van der Waals surface area contributed by atoms with Gasteiger partial charge in [0.05, 0.1) is 6.10 Å². The number of aliphatic carboxylic acids is 1. The van der Waals surface area contributed by atoms with E-state index in [4.69, 9.17) is 9.47 Å². The molecule has 1 aliphatic rings. The summed E-state index contributed by atoms with van der Waals surface area (Å²) < 4.78 is 10.9. The fraction of sp³-hybridized carbons (Fsp3) is 0.423. The number of carboxylic acid groups (broad SMARTS) is 1. The van der Waals surface area contributed by atoms with Crippen LogP contribution >= 0.6 is 0 Å². The summed E-state index contributed by atoms with van der Waals surface area (Å²) in [6.45, 7) is 6.43. The summed E-state index contributed by atoms with van der Waals surface area (Å²) in [5.74, 6) is -1.82. The van der Waals surface area contributed by atoms with E-state index in [1.54, 1.807) is 27.7 Å². The van der Waals surface area contributed by atoms with E-state index in [1.807, 2.05) is 48.5 Å². The monoisotopic (exact) mass is 468 g/mol. The number of ether oxygens (including phenoxy) is 2. The molecule has 2 N–H and O–H groups in total. The van der Waals surface area contributed by atoms with Crippen molar-refractivity contribution in [3.8, 4) is 11.1 Å². The first-order valence-corrected chi connectivity index (χ1v) is 11.2. The van der Waals surface area contributed by atoms with Crippen LogP contribution in [-0.4, -0.2) is 65.9 Å².